The first-order valence-corrected chi connectivity index (χ1v) is 6.82. The van der Waals surface area contributed by atoms with Crippen LogP contribution in [-0.4, -0.2) is 22.6 Å². The summed E-state index contributed by atoms with van der Waals surface area (Å²) in [5, 5.41) is 11.9. The minimum Gasteiger partial charge on any atom is -0.494 e. The standard InChI is InChI=1S/C16H18N2O3/c19-12-13-6-4-10-17-16(13)18-15(20)9-5-11-21-14-7-2-1-3-8-14/h1-4,6-8,10,19H,5,9,11-12H2,(H,17,18,20). The first-order valence-electron chi connectivity index (χ1n) is 6.82. The molecule has 2 rings (SSSR count). The van der Waals surface area contributed by atoms with Crippen molar-refractivity contribution in [1.29, 1.82) is 0 Å². The number of amides is 1. The third-order valence-corrected chi connectivity index (χ3v) is 2.88. The van der Waals surface area contributed by atoms with E-state index in [1.165, 1.54) is 0 Å². The van der Waals surface area contributed by atoms with Gasteiger partial charge in [0.2, 0.25) is 5.91 Å². The molecule has 0 saturated heterocycles. The van der Waals surface area contributed by atoms with Crippen LogP contribution >= 0.6 is 0 Å². The van der Waals surface area contributed by atoms with Crippen LogP contribution in [0, 0.1) is 0 Å². The van der Waals surface area contributed by atoms with E-state index >= 15 is 0 Å². The second-order valence-electron chi connectivity index (χ2n) is 4.48. The molecule has 0 radical (unpaired) electrons. The van der Waals surface area contributed by atoms with E-state index in [1.54, 1.807) is 18.3 Å². The summed E-state index contributed by atoms with van der Waals surface area (Å²) in [6, 6.07) is 12.9. The first-order chi connectivity index (χ1) is 10.3. The van der Waals surface area contributed by atoms with Crippen molar-refractivity contribution in [2.24, 2.45) is 0 Å². The second kappa shape index (κ2) is 8.01. The summed E-state index contributed by atoms with van der Waals surface area (Å²) in [6.45, 7) is 0.326. The van der Waals surface area contributed by atoms with Crippen LogP contribution in [0.4, 0.5) is 5.82 Å². The summed E-state index contributed by atoms with van der Waals surface area (Å²) >= 11 is 0. The Labute approximate surface area is 123 Å². The summed E-state index contributed by atoms with van der Waals surface area (Å²) in [5.41, 5.74) is 0.603. The lowest BCUT2D eigenvalue weighted by Crippen LogP contribution is -2.15. The number of para-hydroxylation sites is 1. The van der Waals surface area contributed by atoms with Crippen molar-refractivity contribution in [3.63, 3.8) is 0 Å². The average Bonchev–Trinajstić information content (AvgIpc) is 2.53. The zero-order valence-corrected chi connectivity index (χ0v) is 11.7. The maximum atomic E-state index is 11.8. The molecule has 1 aromatic heterocycles. The number of benzene rings is 1. The van der Waals surface area contributed by atoms with Gasteiger partial charge in [-0.1, -0.05) is 24.3 Å². The van der Waals surface area contributed by atoms with Crippen molar-refractivity contribution in [1.82, 2.24) is 4.98 Å². The number of pyridine rings is 1. The number of aliphatic hydroxyl groups is 1. The van der Waals surface area contributed by atoms with Crippen molar-refractivity contribution in [3.05, 3.63) is 54.2 Å². The van der Waals surface area contributed by atoms with Gasteiger partial charge in [0.05, 0.1) is 13.2 Å². The van der Waals surface area contributed by atoms with E-state index in [2.05, 4.69) is 10.3 Å². The molecule has 0 atom stereocenters. The van der Waals surface area contributed by atoms with Gasteiger partial charge in [0, 0.05) is 18.2 Å². The molecule has 0 aliphatic rings. The van der Waals surface area contributed by atoms with Crippen LogP contribution in [0.1, 0.15) is 18.4 Å². The minimum absolute atomic E-state index is 0.139. The van der Waals surface area contributed by atoms with Crippen molar-refractivity contribution < 1.29 is 14.6 Å². The number of carbonyl (C=O) groups excluding carboxylic acids is 1. The average molecular weight is 286 g/mol. The lowest BCUT2D eigenvalue weighted by Gasteiger charge is -2.08. The number of ether oxygens (including phenoxy) is 1. The molecule has 0 aliphatic carbocycles. The Hall–Kier alpha value is -2.40. The molecule has 5 heteroatoms. The molecule has 0 spiro atoms. The maximum Gasteiger partial charge on any atom is 0.225 e. The molecule has 1 aromatic carbocycles. The van der Waals surface area contributed by atoms with Gasteiger partial charge in [0.25, 0.3) is 0 Å². The van der Waals surface area contributed by atoms with Gasteiger partial charge in [-0.25, -0.2) is 4.98 Å². The normalized spacial score (nSPS) is 10.1. The molecule has 0 aliphatic heterocycles. The predicted molar refractivity (Wildman–Crippen MR) is 80.0 cm³/mol. The molecule has 21 heavy (non-hydrogen) atoms. The Balaban J connectivity index is 1.72. The van der Waals surface area contributed by atoms with E-state index < -0.39 is 0 Å². The number of carbonyl (C=O) groups is 1. The van der Waals surface area contributed by atoms with Gasteiger partial charge in [-0.3, -0.25) is 4.79 Å². The van der Waals surface area contributed by atoms with Crippen LogP contribution in [0.2, 0.25) is 0 Å². The molecular formula is C16H18N2O3. The molecule has 1 heterocycles. The van der Waals surface area contributed by atoms with E-state index in [0.717, 1.165) is 5.75 Å². The van der Waals surface area contributed by atoms with Crippen LogP contribution in [0.5, 0.6) is 5.75 Å². The summed E-state index contributed by atoms with van der Waals surface area (Å²) in [6.07, 6.45) is 2.53. The highest BCUT2D eigenvalue weighted by Crippen LogP contribution is 2.12. The maximum absolute atomic E-state index is 11.8. The van der Waals surface area contributed by atoms with Crippen LogP contribution in [0.3, 0.4) is 0 Å². The number of hydrogen-bond donors (Lipinski definition) is 2. The molecule has 2 N–H and O–H groups in total. The van der Waals surface area contributed by atoms with Crippen molar-refractivity contribution in [3.8, 4) is 5.75 Å². The molecule has 0 bridgehead atoms. The van der Waals surface area contributed by atoms with E-state index in [0.29, 0.717) is 30.8 Å². The number of hydrogen-bond acceptors (Lipinski definition) is 4. The molecular weight excluding hydrogens is 268 g/mol. The fraction of sp³-hybridized carbons (Fsp3) is 0.250. The van der Waals surface area contributed by atoms with Gasteiger partial charge < -0.3 is 15.2 Å². The smallest absolute Gasteiger partial charge is 0.225 e. The molecule has 2 aromatic rings. The summed E-state index contributed by atoms with van der Waals surface area (Å²) in [4.78, 5) is 15.8. The van der Waals surface area contributed by atoms with E-state index in [9.17, 15) is 4.79 Å². The van der Waals surface area contributed by atoms with Crippen LogP contribution < -0.4 is 10.1 Å². The van der Waals surface area contributed by atoms with Gasteiger partial charge in [-0.05, 0) is 24.6 Å². The highest BCUT2D eigenvalue weighted by Gasteiger charge is 2.07. The van der Waals surface area contributed by atoms with Gasteiger partial charge in [0.1, 0.15) is 11.6 Å². The quantitative estimate of drug-likeness (QED) is 0.767. The van der Waals surface area contributed by atoms with Gasteiger partial charge in [-0.2, -0.15) is 0 Å². The van der Waals surface area contributed by atoms with E-state index in [1.807, 2.05) is 30.3 Å². The molecule has 5 nitrogen and oxygen atoms in total. The lowest BCUT2D eigenvalue weighted by molar-refractivity contribution is -0.116. The van der Waals surface area contributed by atoms with Crippen LogP contribution in [0.25, 0.3) is 0 Å². The Morgan fingerprint density at radius 2 is 2.00 bits per heavy atom. The number of anilines is 1. The fourth-order valence-electron chi connectivity index (χ4n) is 1.81. The summed E-state index contributed by atoms with van der Waals surface area (Å²) in [5.74, 6) is 1.07. The van der Waals surface area contributed by atoms with Gasteiger partial charge in [-0.15, -0.1) is 0 Å². The molecule has 1 amide bonds. The summed E-state index contributed by atoms with van der Waals surface area (Å²) in [7, 11) is 0. The van der Waals surface area contributed by atoms with E-state index in [4.69, 9.17) is 9.84 Å². The number of rotatable bonds is 7. The molecule has 110 valence electrons. The zero-order chi connectivity index (χ0) is 14.9. The Morgan fingerprint density at radius 1 is 1.19 bits per heavy atom. The SMILES string of the molecule is O=C(CCCOc1ccccc1)Nc1ncccc1CO. The van der Waals surface area contributed by atoms with Crippen LogP contribution in [0.15, 0.2) is 48.7 Å². The van der Waals surface area contributed by atoms with Crippen molar-refractivity contribution >= 4 is 11.7 Å². The van der Waals surface area contributed by atoms with Crippen LogP contribution in [-0.2, 0) is 11.4 Å². The second-order valence-corrected chi connectivity index (χ2v) is 4.48. The molecule has 0 fully saturated rings. The number of aliphatic hydroxyl groups excluding tert-OH is 1. The fourth-order valence-corrected chi connectivity index (χ4v) is 1.81. The molecule has 0 unspecified atom stereocenters. The Morgan fingerprint density at radius 3 is 2.76 bits per heavy atom. The van der Waals surface area contributed by atoms with E-state index in [-0.39, 0.29) is 12.5 Å². The lowest BCUT2D eigenvalue weighted by atomic mass is 10.2. The third kappa shape index (κ3) is 4.89. The summed E-state index contributed by atoms with van der Waals surface area (Å²) < 4.78 is 5.52. The van der Waals surface area contributed by atoms with Gasteiger partial charge in [0.15, 0.2) is 0 Å². The number of nitrogens with zero attached hydrogens (tertiary/aromatic N) is 1. The topological polar surface area (TPSA) is 71.5 Å². The highest BCUT2D eigenvalue weighted by molar-refractivity contribution is 5.90. The minimum atomic E-state index is -0.152. The predicted octanol–water partition coefficient (Wildman–Crippen LogP) is 2.37. The zero-order valence-electron chi connectivity index (χ0n) is 11.7. The largest absolute Gasteiger partial charge is 0.494 e. The van der Waals surface area contributed by atoms with Crippen molar-refractivity contribution in [2.75, 3.05) is 11.9 Å². The monoisotopic (exact) mass is 286 g/mol. The number of aromatic nitrogens is 1. The molecule has 0 saturated carbocycles. The Kier molecular flexibility index (Phi) is 5.72. The number of nitrogens with one attached hydrogen (secondary N) is 1. The first kappa shape index (κ1) is 15.0. The highest BCUT2D eigenvalue weighted by atomic mass is 16.5. The van der Waals surface area contributed by atoms with Gasteiger partial charge >= 0.3 is 0 Å². The third-order valence-electron chi connectivity index (χ3n) is 2.88. The Bertz CT molecular complexity index is 573. The van der Waals surface area contributed by atoms with Crippen molar-refractivity contribution in [2.45, 2.75) is 19.4 Å².